The minimum atomic E-state index is -4.55. The first-order valence-electron chi connectivity index (χ1n) is 7.27. The zero-order chi connectivity index (χ0) is 18.4. The van der Waals surface area contributed by atoms with Crippen LogP contribution in [0.4, 0.5) is 18.9 Å². The normalized spacial score (nSPS) is 16.7. The third kappa shape index (κ3) is 3.02. The molecule has 130 valence electrons. The maximum Gasteiger partial charge on any atom is 0.416 e. The van der Waals surface area contributed by atoms with Crippen LogP contribution in [0.1, 0.15) is 22.5 Å². The maximum absolute atomic E-state index is 12.8. The lowest BCUT2D eigenvalue weighted by Crippen LogP contribution is -2.35. The number of furan rings is 1. The van der Waals surface area contributed by atoms with Gasteiger partial charge in [-0.3, -0.25) is 15.0 Å². The van der Waals surface area contributed by atoms with Crippen LogP contribution in [0.2, 0.25) is 0 Å². The van der Waals surface area contributed by atoms with E-state index in [2.05, 4.69) is 5.43 Å². The van der Waals surface area contributed by atoms with Gasteiger partial charge in [-0.15, -0.1) is 0 Å². The van der Waals surface area contributed by atoms with Crippen molar-refractivity contribution < 1.29 is 27.2 Å². The quantitative estimate of drug-likeness (QED) is 0.667. The van der Waals surface area contributed by atoms with Gasteiger partial charge in [0.1, 0.15) is 11.3 Å². The second-order valence-electron chi connectivity index (χ2n) is 5.60. The van der Waals surface area contributed by atoms with Gasteiger partial charge < -0.3 is 4.42 Å². The molecule has 2 amide bonds. The molecule has 2 aromatic rings. The molecule has 1 saturated heterocycles. The number of benzene rings is 1. The number of nitrogens with zero attached hydrogens (tertiary/aromatic N) is 1. The zero-order valence-corrected chi connectivity index (χ0v) is 13.3. The third-order valence-electron chi connectivity index (χ3n) is 3.92. The molecule has 0 radical (unpaired) electrons. The smallest absolute Gasteiger partial charge is 0.416 e. The molecule has 1 N–H and O–H groups in total. The van der Waals surface area contributed by atoms with E-state index in [1.165, 1.54) is 24.5 Å². The SMILES string of the molecule is Cc1coc(C=C2C(=O)NN(c3cccc(C(F)(F)F)c3)C2=O)c1C. The Bertz CT molecular complexity index is 897. The second kappa shape index (κ2) is 5.80. The molecule has 1 aromatic heterocycles. The molecule has 0 unspecified atom stereocenters. The van der Waals surface area contributed by atoms with Gasteiger partial charge >= 0.3 is 6.18 Å². The van der Waals surface area contributed by atoms with Crippen molar-refractivity contribution in [1.82, 2.24) is 5.43 Å². The van der Waals surface area contributed by atoms with E-state index in [0.29, 0.717) is 5.76 Å². The van der Waals surface area contributed by atoms with Crippen molar-refractivity contribution in [2.45, 2.75) is 20.0 Å². The lowest BCUT2D eigenvalue weighted by molar-refractivity contribution is -0.137. The highest BCUT2D eigenvalue weighted by Crippen LogP contribution is 2.32. The molecule has 1 aliphatic rings. The first-order chi connectivity index (χ1) is 11.7. The van der Waals surface area contributed by atoms with Crippen LogP contribution in [0, 0.1) is 13.8 Å². The number of carbonyl (C=O) groups is 2. The molecule has 0 spiro atoms. The van der Waals surface area contributed by atoms with Crippen molar-refractivity contribution in [2.24, 2.45) is 0 Å². The van der Waals surface area contributed by atoms with Crippen LogP contribution < -0.4 is 10.4 Å². The summed E-state index contributed by atoms with van der Waals surface area (Å²) in [5.74, 6) is -1.12. The van der Waals surface area contributed by atoms with Gasteiger partial charge in [0.15, 0.2) is 0 Å². The highest BCUT2D eigenvalue weighted by Gasteiger charge is 2.37. The summed E-state index contributed by atoms with van der Waals surface area (Å²) in [5.41, 5.74) is 2.68. The van der Waals surface area contributed by atoms with Crippen molar-refractivity contribution in [3.05, 3.63) is 58.6 Å². The minimum absolute atomic E-state index is 0.0797. The number of amides is 2. The fourth-order valence-electron chi connectivity index (χ4n) is 2.36. The predicted octanol–water partition coefficient (Wildman–Crippen LogP) is 3.38. The van der Waals surface area contributed by atoms with E-state index in [9.17, 15) is 22.8 Å². The highest BCUT2D eigenvalue weighted by atomic mass is 19.4. The van der Waals surface area contributed by atoms with Crippen LogP contribution in [-0.4, -0.2) is 11.8 Å². The molecule has 1 aliphatic heterocycles. The van der Waals surface area contributed by atoms with Gasteiger partial charge in [0.2, 0.25) is 0 Å². The van der Waals surface area contributed by atoms with Crippen LogP contribution in [-0.2, 0) is 15.8 Å². The molecule has 5 nitrogen and oxygen atoms in total. The molecule has 0 aliphatic carbocycles. The van der Waals surface area contributed by atoms with Gasteiger partial charge in [0.05, 0.1) is 17.5 Å². The third-order valence-corrected chi connectivity index (χ3v) is 3.92. The van der Waals surface area contributed by atoms with Crippen LogP contribution in [0.15, 0.2) is 40.5 Å². The number of aryl methyl sites for hydroxylation is 1. The standard InChI is InChI=1S/C17H13F3N2O3/c1-9-8-25-14(10(9)2)7-13-15(23)21-22(16(13)24)12-5-3-4-11(6-12)17(18,19)20/h3-8H,1-2H3,(H,21,23). The summed E-state index contributed by atoms with van der Waals surface area (Å²) in [6, 6.07) is 4.15. The van der Waals surface area contributed by atoms with Crippen LogP contribution >= 0.6 is 0 Å². The number of rotatable bonds is 2. The van der Waals surface area contributed by atoms with Gasteiger partial charge in [-0.05, 0) is 49.2 Å². The van der Waals surface area contributed by atoms with E-state index in [4.69, 9.17) is 4.42 Å². The number of halogens is 3. The molecule has 1 aromatic carbocycles. The molecule has 0 saturated carbocycles. The van der Waals surface area contributed by atoms with Crippen LogP contribution in [0.25, 0.3) is 6.08 Å². The summed E-state index contributed by atoms with van der Waals surface area (Å²) in [6.07, 6.45) is -1.78. The maximum atomic E-state index is 12.8. The summed E-state index contributed by atoms with van der Waals surface area (Å²) < 4.78 is 43.8. The van der Waals surface area contributed by atoms with Crippen molar-refractivity contribution in [3.8, 4) is 0 Å². The monoisotopic (exact) mass is 350 g/mol. The molecule has 25 heavy (non-hydrogen) atoms. The highest BCUT2D eigenvalue weighted by molar-refractivity contribution is 6.31. The fourth-order valence-corrected chi connectivity index (χ4v) is 2.36. The minimum Gasteiger partial charge on any atom is -0.464 e. The van der Waals surface area contributed by atoms with Crippen molar-refractivity contribution >= 4 is 23.6 Å². The van der Waals surface area contributed by atoms with Crippen molar-refractivity contribution in [3.63, 3.8) is 0 Å². The second-order valence-corrected chi connectivity index (χ2v) is 5.60. The lowest BCUT2D eigenvalue weighted by atomic mass is 10.1. The van der Waals surface area contributed by atoms with E-state index < -0.39 is 23.6 Å². The van der Waals surface area contributed by atoms with Crippen LogP contribution in [0.3, 0.4) is 0 Å². The fraction of sp³-hybridized carbons (Fsp3) is 0.176. The Morgan fingerprint density at radius 1 is 1.20 bits per heavy atom. The van der Waals surface area contributed by atoms with Gasteiger partial charge in [-0.2, -0.15) is 13.2 Å². The molecule has 2 heterocycles. The number of hydrogen-bond donors (Lipinski definition) is 1. The number of alkyl halides is 3. The number of hydrazine groups is 1. The Morgan fingerprint density at radius 2 is 1.92 bits per heavy atom. The van der Waals surface area contributed by atoms with Crippen molar-refractivity contribution in [1.29, 1.82) is 0 Å². The lowest BCUT2D eigenvalue weighted by Gasteiger charge is -2.16. The zero-order valence-electron chi connectivity index (χ0n) is 13.3. The Morgan fingerprint density at radius 3 is 2.52 bits per heavy atom. The van der Waals surface area contributed by atoms with Gasteiger partial charge in [-0.25, -0.2) is 5.01 Å². The Labute approximate surface area is 140 Å². The van der Waals surface area contributed by atoms with Crippen LogP contribution in [0.5, 0.6) is 0 Å². The molecular formula is C17H13F3N2O3. The summed E-state index contributed by atoms with van der Waals surface area (Å²) in [5, 5.41) is 0.786. The Kier molecular flexibility index (Phi) is 3.90. The largest absolute Gasteiger partial charge is 0.464 e. The first-order valence-corrected chi connectivity index (χ1v) is 7.27. The summed E-state index contributed by atoms with van der Waals surface area (Å²) in [7, 11) is 0. The van der Waals surface area contributed by atoms with Gasteiger partial charge in [-0.1, -0.05) is 6.07 Å². The molecule has 8 heteroatoms. The topological polar surface area (TPSA) is 62.6 Å². The van der Waals surface area contributed by atoms with Gasteiger partial charge in [0, 0.05) is 0 Å². The number of anilines is 1. The average Bonchev–Trinajstić information content (AvgIpc) is 3.02. The van der Waals surface area contributed by atoms with Crippen molar-refractivity contribution in [2.75, 3.05) is 5.01 Å². The van der Waals surface area contributed by atoms with E-state index in [0.717, 1.165) is 28.3 Å². The predicted molar refractivity (Wildman–Crippen MR) is 83.2 cm³/mol. The van der Waals surface area contributed by atoms with E-state index >= 15 is 0 Å². The first kappa shape index (κ1) is 16.8. The van der Waals surface area contributed by atoms with Gasteiger partial charge in [0.25, 0.3) is 11.8 Å². The summed E-state index contributed by atoms with van der Waals surface area (Å²) >= 11 is 0. The Balaban J connectivity index is 1.96. The molecule has 0 atom stereocenters. The molecule has 1 fully saturated rings. The van der Waals surface area contributed by atoms with E-state index in [1.54, 1.807) is 6.92 Å². The molecular weight excluding hydrogens is 337 g/mol. The number of carbonyl (C=O) groups excluding carboxylic acids is 2. The Hall–Kier alpha value is -3.03. The summed E-state index contributed by atoms with van der Waals surface area (Å²) in [6.45, 7) is 3.58. The molecule has 0 bridgehead atoms. The summed E-state index contributed by atoms with van der Waals surface area (Å²) in [4.78, 5) is 24.5. The number of hydrogen-bond acceptors (Lipinski definition) is 3. The average molecular weight is 350 g/mol. The van der Waals surface area contributed by atoms with E-state index in [-0.39, 0.29) is 11.3 Å². The number of nitrogens with one attached hydrogen (secondary N) is 1. The van der Waals surface area contributed by atoms with E-state index in [1.807, 2.05) is 6.92 Å². The molecule has 3 rings (SSSR count).